The summed E-state index contributed by atoms with van der Waals surface area (Å²) in [6.07, 6.45) is 0. The Morgan fingerprint density at radius 2 is 1.47 bits per heavy atom. The van der Waals surface area contributed by atoms with Crippen LogP contribution in [0.4, 0.5) is 0 Å². The summed E-state index contributed by atoms with van der Waals surface area (Å²) in [6, 6.07) is 9.99. The molecular weight excluding hydrogens is 381 g/mol. The van der Waals surface area contributed by atoms with Gasteiger partial charge in [0.15, 0.2) is 6.00 Å². The molecule has 2 rings (SSSR count). The van der Waals surface area contributed by atoms with Gasteiger partial charge >= 0.3 is 0 Å². The van der Waals surface area contributed by atoms with E-state index in [1.54, 1.807) is 18.2 Å². The monoisotopic (exact) mass is 386 g/mol. The van der Waals surface area contributed by atoms with Crippen molar-refractivity contribution < 1.29 is 17.1 Å². The summed E-state index contributed by atoms with van der Waals surface area (Å²) in [5.41, 5.74) is 0. The van der Waals surface area contributed by atoms with Crippen LogP contribution in [0.1, 0.15) is 0 Å². The number of hydrogen-bond donors (Lipinski definition) is 0. The van der Waals surface area contributed by atoms with Crippen LogP contribution in [-0.4, -0.2) is 6.00 Å². The van der Waals surface area contributed by atoms with Crippen LogP contribution in [0.15, 0.2) is 42.5 Å². The third-order valence-corrected chi connectivity index (χ3v) is 5.31. The molecule has 0 saturated carbocycles. The molecule has 0 N–H and O–H groups in total. The van der Waals surface area contributed by atoms with Gasteiger partial charge in [-0.25, -0.2) is 12.1 Å². The van der Waals surface area contributed by atoms with E-state index in [0.29, 0.717) is 10.2 Å². The molecule has 0 aliphatic rings. The average molecular weight is 388 g/mol. The second-order valence-electron chi connectivity index (χ2n) is 2.89. The fourth-order valence-electron chi connectivity index (χ4n) is 0.979. The van der Waals surface area contributed by atoms with Crippen molar-refractivity contribution in [3.63, 3.8) is 0 Å². The van der Waals surface area contributed by atoms with Crippen molar-refractivity contribution in [3.8, 4) is 0 Å². The van der Waals surface area contributed by atoms with Crippen LogP contribution in [0.3, 0.4) is 0 Å². The summed E-state index contributed by atoms with van der Waals surface area (Å²) >= 11 is 28.2. The van der Waals surface area contributed by atoms with Crippen LogP contribution in [0.5, 0.6) is 0 Å². The van der Waals surface area contributed by atoms with E-state index in [0.717, 1.165) is 5.02 Å². The molecule has 0 aliphatic carbocycles. The predicted octanol–water partition coefficient (Wildman–Crippen LogP) is 4.98. The summed E-state index contributed by atoms with van der Waals surface area (Å²) in [4.78, 5) is 0. The van der Waals surface area contributed by atoms with Crippen LogP contribution < -0.4 is 5.19 Å². The van der Waals surface area contributed by atoms with Crippen molar-refractivity contribution >= 4 is 67.6 Å². The molecule has 0 aromatic heterocycles. The molecule has 0 spiro atoms. The van der Waals surface area contributed by atoms with E-state index >= 15 is 0 Å². The van der Waals surface area contributed by atoms with E-state index in [9.17, 15) is 0 Å². The molecule has 0 fully saturated rings. The zero-order chi connectivity index (χ0) is 12.2. The second-order valence-corrected chi connectivity index (χ2v) is 12.1. The fraction of sp³-hybridized carbons (Fsp3) is 0. The van der Waals surface area contributed by atoms with Crippen LogP contribution >= 0.6 is 56.4 Å². The van der Waals surface area contributed by atoms with Gasteiger partial charge in [-0.05, 0) is 0 Å². The van der Waals surface area contributed by atoms with Crippen molar-refractivity contribution in [3.05, 3.63) is 52.5 Å². The SMILES string of the molecule is Cl[c-]1[cH-][cH-][cH-][c-]1[Si](Cl)(Cl)Cl.Cl[c-]1cccc1.[Fe]. The van der Waals surface area contributed by atoms with Gasteiger partial charge in [0, 0.05) is 17.1 Å². The minimum atomic E-state index is -2.74. The zero-order valence-corrected chi connectivity index (χ0v) is 14.2. The zero-order valence-electron chi connectivity index (χ0n) is 8.28. The standard InChI is InChI=1S/C5H3Cl4Si.C5H4Cl.Fe/c6-4-2-1-3-5(4)10(7,8)9;6-5-3-1-2-4-5;/h1-3H;1-4H;/q-5;-1;. The van der Waals surface area contributed by atoms with Crippen LogP contribution in [0.2, 0.25) is 10.0 Å². The Hall–Kier alpha value is 0.886. The topological polar surface area (TPSA) is 0 Å². The predicted molar refractivity (Wildman–Crippen MR) is 77.0 cm³/mol. The van der Waals surface area contributed by atoms with Gasteiger partial charge in [-0.2, -0.15) is 57.0 Å². The van der Waals surface area contributed by atoms with E-state index in [4.69, 9.17) is 56.4 Å². The fourth-order valence-corrected chi connectivity index (χ4v) is 4.24. The third kappa shape index (κ3) is 6.56. The molecular formula is C10H7Cl5FeSi-6. The molecule has 17 heavy (non-hydrogen) atoms. The van der Waals surface area contributed by atoms with E-state index in [1.165, 1.54) is 0 Å². The van der Waals surface area contributed by atoms with Gasteiger partial charge in [0.1, 0.15) is 0 Å². The Bertz CT molecular complexity index is 418. The maximum Gasteiger partial charge on any atom is 0.170 e. The van der Waals surface area contributed by atoms with Gasteiger partial charge in [0.05, 0.1) is 0 Å². The van der Waals surface area contributed by atoms with Crippen molar-refractivity contribution in [1.82, 2.24) is 0 Å². The Kier molecular flexibility index (Phi) is 8.56. The van der Waals surface area contributed by atoms with Gasteiger partial charge in [-0.3, -0.25) is 0 Å². The maximum atomic E-state index is 5.71. The van der Waals surface area contributed by atoms with Gasteiger partial charge in [0.25, 0.3) is 0 Å². The van der Waals surface area contributed by atoms with Crippen molar-refractivity contribution in [1.29, 1.82) is 0 Å². The van der Waals surface area contributed by atoms with Gasteiger partial charge in [-0.1, -0.05) is 5.02 Å². The molecule has 0 heterocycles. The van der Waals surface area contributed by atoms with Crippen LogP contribution in [0, 0.1) is 0 Å². The molecule has 2 aromatic rings. The van der Waals surface area contributed by atoms with E-state index in [1.807, 2.05) is 24.3 Å². The molecule has 0 saturated heterocycles. The number of rotatable bonds is 1. The Balaban J connectivity index is 0.000000316. The molecule has 2 aromatic carbocycles. The Labute approximate surface area is 136 Å². The molecule has 0 bridgehead atoms. The van der Waals surface area contributed by atoms with Gasteiger partial charge in [0.2, 0.25) is 0 Å². The summed E-state index contributed by atoms with van der Waals surface area (Å²) in [5.74, 6) is 0. The van der Waals surface area contributed by atoms with E-state index < -0.39 is 6.00 Å². The molecule has 0 radical (unpaired) electrons. The summed E-state index contributed by atoms with van der Waals surface area (Å²) in [6.45, 7) is 0. The van der Waals surface area contributed by atoms with Crippen molar-refractivity contribution in [2.45, 2.75) is 0 Å². The molecule has 0 atom stereocenters. The quantitative estimate of drug-likeness (QED) is 0.367. The smallest absolute Gasteiger partial charge is 0.170 e. The first-order valence-electron chi connectivity index (χ1n) is 4.27. The number of halogens is 5. The normalized spacial score (nSPS) is 10.2. The third-order valence-electron chi connectivity index (χ3n) is 1.69. The molecule has 0 aliphatic heterocycles. The largest absolute Gasteiger partial charge is 0.747 e. The molecule has 0 nitrogen and oxygen atoms in total. The van der Waals surface area contributed by atoms with Gasteiger partial charge < -0.3 is 40.0 Å². The summed E-state index contributed by atoms with van der Waals surface area (Å²) in [5, 5.41) is 2.03. The second kappa shape index (κ2) is 8.14. The first-order valence-corrected chi connectivity index (χ1v) is 10.1. The van der Waals surface area contributed by atoms with Crippen LogP contribution in [-0.2, 0) is 17.1 Å². The number of hydrogen-bond acceptors (Lipinski definition) is 0. The first kappa shape index (κ1) is 17.9. The Morgan fingerprint density at radius 3 is 1.65 bits per heavy atom. The molecule has 7 heteroatoms. The van der Waals surface area contributed by atoms with Crippen LogP contribution in [0.25, 0.3) is 0 Å². The average Bonchev–Trinajstić information content (AvgIpc) is 2.75. The minimum absolute atomic E-state index is 0. The van der Waals surface area contributed by atoms with Gasteiger partial charge in [-0.15, -0.1) is 0 Å². The summed E-state index contributed by atoms with van der Waals surface area (Å²) < 4.78 is 0. The minimum Gasteiger partial charge on any atom is -0.747 e. The molecule has 0 amide bonds. The maximum absolute atomic E-state index is 5.71. The van der Waals surface area contributed by atoms with Crippen molar-refractivity contribution in [2.75, 3.05) is 0 Å². The summed E-state index contributed by atoms with van der Waals surface area (Å²) in [7, 11) is 0. The Morgan fingerprint density at radius 1 is 0.941 bits per heavy atom. The molecule has 0 unspecified atom stereocenters. The van der Waals surface area contributed by atoms with E-state index in [2.05, 4.69) is 0 Å². The van der Waals surface area contributed by atoms with E-state index in [-0.39, 0.29) is 17.1 Å². The first-order chi connectivity index (χ1) is 7.41. The van der Waals surface area contributed by atoms with Crippen molar-refractivity contribution in [2.24, 2.45) is 0 Å². The molecule has 100 valence electrons.